The summed E-state index contributed by atoms with van der Waals surface area (Å²) in [6.45, 7) is 7.42. The van der Waals surface area contributed by atoms with Crippen molar-refractivity contribution < 1.29 is 0 Å². The summed E-state index contributed by atoms with van der Waals surface area (Å²) in [6, 6.07) is 0. The highest BCUT2D eigenvalue weighted by molar-refractivity contribution is 4.94. The van der Waals surface area contributed by atoms with E-state index in [0.29, 0.717) is 0 Å². The van der Waals surface area contributed by atoms with Gasteiger partial charge in [-0.25, -0.2) is 0 Å². The molecule has 0 spiro atoms. The van der Waals surface area contributed by atoms with Crippen molar-refractivity contribution >= 4 is 0 Å². The van der Waals surface area contributed by atoms with Crippen LogP contribution in [-0.2, 0) is 0 Å². The molecule has 1 aliphatic rings. The van der Waals surface area contributed by atoms with Crippen LogP contribution < -0.4 is 0 Å². The van der Waals surface area contributed by atoms with E-state index in [1.54, 1.807) is 0 Å². The van der Waals surface area contributed by atoms with Crippen molar-refractivity contribution in [1.82, 2.24) is 4.90 Å². The fourth-order valence-corrected chi connectivity index (χ4v) is 0.870. The second-order valence-electron chi connectivity index (χ2n) is 2.26. The normalized spacial score (nSPS) is 23.6. The maximum absolute atomic E-state index is 2.22. The predicted octanol–water partition coefficient (Wildman–Crippen LogP) is 2.11. The largest absolute Gasteiger partial charge is 0.380 e. The highest BCUT2D eigenvalue weighted by atomic mass is 15.1. The van der Waals surface area contributed by atoms with Gasteiger partial charge in [0, 0.05) is 13.6 Å². The van der Waals surface area contributed by atoms with Gasteiger partial charge in [0.15, 0.2) is 0 Å². The molecular formula is C8H17N. The standard InChI is InChI=1S/C6H11N.C2H6/c1-6-3-4-7(2)5-6;1-2/h3-4,6H,5H2,1-2H3;1-2H3. The topological polar surface area (TPSA) is 3.24 Å². The summed E-state index contributed by atoms with van der Waals surface area (Å²) < 4.78 is 0. The van der Waals surface area contributed by atoms with Gasteiger partial charge in [0.1, 0.15) is 0 Å². The van der Waals surface area contributed by atoms with Crippen molar-refractivity contribution in [1.29, 1.82) is 0 Å². The first-order valence-electron chi connectivity index (χ1n) is 3.67. The Morgan fingerprint density at radius 1 is 1.44 bits per heavy atom. The molecule has 0 fully saturated rings. The molecule has 1 nitrogen and oxygen atoms in total. The Labute approximate surface area is 58.4 Å². The second kappa shape index (κ2) is 4.42. The summed E-state index contributed by atoms with van der Waals surface area (Å²) in [7, 11) is 2.10. The maximum atomic E-state index is 2.22. The molecule has 0 aromatic rings. The summed E-state index contributed by atoms with van der Waals surface area (Å²) in [4.78, 5) is 2.20. The second-order valence-corrected chi connectivity index (χ2v) is 2.26. The van der Waals surface area contributed by atoms with E-state index in [9.17, 15) is 0 Å². The molecule has 9 heavy (non-hydrogen) atoms. The minimum atomic E-state index is 0.769. The number of rotatable bonds is 0. The highest BCUT2D eigenvalue weighted by Crippen LogP contribution is 2.07. The summed E-state index contributed by atoms with van der Waals surface area (Å²) in [6.07, 6.45) is 4.35. The monoisotopic (exact) mass is 127 g/mol. The van der Waals surface area contributed by atoms with Crippen molar-refractivity contribution in [3.05, 3.63) is 12.3 Å². The van der Waals surface area contributed by atoms with Crippen LogP contribution in [0.5, 0.6) is 0 Å². The fourth-order valence-electron chi connectivity index (χ4n) is 0.870. The Balaban J connectivity index is 0.000000291. The van der Waals surface area contributed by atoms with Gasteiger partial charge >= 0.3 is 0 Å². The van der Waals surface area contributed by atoms with Gasteiger partial charge in [-0.2, -0.15) is 0 Å². The minimum absolute atomic E-state index is 0.769. The molecule has 0 aromatic heterocycles. The van der Waals surface area contributed by atoms with Crippen LogP contribution in [0.2, 0.25) is 0 Å². The predicted molar refractivity (Wildman–Crippen MR) is 42.3 cm³/mol. The van der Waals surface area contributed by atoms with Gasteiger partial charge in [-0.3, -0.25) is 0 Å². The first kappa shape index (κ1) is 8.54. The van der Waals surface area contributed by atoms with Gasteiger partial charge in [0.25, 0.3) is 0 Å². The molecule has 54 valence electrons. The van der Waals surface area contributed by atoms with Crippen LogP contribution in [0.15, 0.2) is 12.3 Å². The van der Waals surface area contributed by atoms with Crippen LogP contribution >= 0.6 is 0 Å². The molecular weight excluding hydrogens is 110 g/mol. The van der Waals surface area contributed by atoms with Gasteiger partial charge in [0.05, 0.1) is 0 Å². The lowest BCUT2D eigenvalue weighted by atomic mass is 10.2. The molecule has 0 aromatic carbocycles. The molecule has 0 radical (unpaired) electrons. The van der Waals surface area contributed by atoms with Gasteiger partial charge in [-0.1, -0.05) is 26.8 Å². The average Bonchev–Trinajstić information content (AvgIpc) is 2.20. The first-order valence-corrected chi connectivity index (χ1v) is 3.67. The molecule has 0 amide bonds. The smallest absolute Gasteiger partial charge is 0.0230 e. The van der Waals surface area contributed by atoms with Gasteiger partial charge in [0.2, 0.25) is 0 Å². The van der Waals surface area contributed by atoms with E-state index in [0.717, 1.165) is 5.92 Å². The van der Waals surface area contributed by atoms with E-state index in [1.807, 2.05) is 13.8 Å². The van der Waals surface area contributed by atoms with Gasteiger partial charge < -0.3 is 4.90 Å². The van der Waals surface area contributed by atoms with E-state index < -0.39 is 0 Å². The van der Waals surface area contributed by atoms with Crippen molar-refractivity contribution in [3.8, 4) is 0 Å². The third kappa shape index (κ3) is 3.17. The van der Waals surface area contributed by atoms with E-state index in [-0.39, 0.29) is 0 Å². The SMILES string of the molecule is CC.CC1C=CN(C)C1. The fraction of sp³-hybridized carbons (Fsp3) is 0.750. The van der Waals surface area contributed by atoms with Crippen molar-refractivity contribution in [3.63, 3.8) is 0 Å². The Morgan fingerprint density at radius 2 is 2.00 bits per heavy atom. The van der Waals surface area contributed by atoms with Crippen LogP contribution in [0.25, 0.3) is 0 Å². The molecule has 1 heteroatoms. The third-order valence-corrected chi connectivity index (χ3v) is 1.25. The van der Waals surface area contributed by atoms with Crippen LogP contribution in [0.1, 0.15) is 20.8 Å². The molecule has 0 saturated carbocycles. The zero-order valence-electron chi connectivity index (χ0n) is 6.89. The van der Waals surface area contributed by atoms with Crippen LogP contribution in [0, 0.1) is 5.92 Å². The zero-order chi connectivity index (χ0) is 7.28. The lowest BCUT2D eigenvalue weighted by molar-refractivity contribution is 0.451. The summed E-state index contributed by atoms with van der Waals surface area (Å²) in [5.41, 5.74) is 0. The van der Waals surface area contributed by atoms with E-state index in [4.69, 9.17) is 0 Å². The number of hydrogen-bond acceptors (Lipinski definition) is 1. The van der Waals surface area contributed by atoms with Crippen molar-refractivity contribution in [2.24, 2.45) is 5.92 Å². The molecule has 0 bridgehead atoms. The molecule has 1 atom stereocenters. The molecule has 1 rings (SSSR count). The van der Waals surface area contributed by atoms with Crippen LogP contribution in [0.4, 0.5) is 0 Å². The lowest BCUT2D eigenvalue weighted by Crippen LogP contribution is -2.09. The molecule has 0 saturated heterocycles. The lowest BCUT2D eigenvalue weighted by Gasteiger charge is -2.06. The van der Waals surface area contributed by atoms with E-state index in [2.05, 4.69) is 31.1 Å². The molecule has 0 aliphatic carbocycles. The van der Waals surface area contributed by atoms with E-state index in [1.165, 1.54) is 6.54 Å². The molecule has 1 unspecified atom stereocenters. The Bertz CT molecular complexity index is 76.6. The van der Waals surface area contributed by atoms with Crippen LogP contribution in [0.3, 0.4) is 0 Å². The first-order chi connectivity index (χ1) is 4.29. The average molecular weight is 127 g/mol. The van der Waals surface area contributed by atoms with Gasteiger partial charge in [-0.05, 0) is 12.1 Å². The Hall–Kier alpha value is -0.460. The maximum Gasteiger partial charge on any atom is 0.0230 e. The Morgan fingerprint density at radius 3 is 2.11 bits per heavy atom. The Kier molecular flexibility index (Phi) is 4.20. The number of hydrogen-bond donors (Lipinski definition) is 0. The molecule has 0 N–H and O–H groups in total. The molecule has 1 aliphatic heterocycles. The number of nitrogens with zero attached hydrogens (tertiary/aromatic N) is 1. The highest BCUT2D eigenvalue weighted by Gasteiger charge is 2.04. The van der Waals surface area contributed by atoms with Crippen LogP contribution in [-0.4, -0.2) is 18.5 Å². The summed E-state index contributed by atoms with van der Waals surface area (Å²) >= 11 is 0. The third-order valence-electron chi connectivity index (χ3n) is 1.25. The quantitative estimate of drug-likeness (QED) is 0.481. The van der Waals surface area contributed by atoms with Crippen molar-refractivity contribution in [2.45, 2.75) is 20.8 Å². The molecule has 1 heterocycles. The van der Waals surface area contributed by atoms with Gasteiger partial charge in [-0.15, -0.1) is 0 Å². The van der Waals surface area contributed by atoms with Crippen molar-refractivity contribution in [2.75, 3.05) is 13.6 Å². The summed E-state index contributed by atoms with van der Waals surface area (Å²) in [5, 5.41) is 0. The summed E-state index contributed by atoms with van der Waals surface area (Å²) in [5.74, 6) is 0.769. The zero-order valence-corrected chi connectivity index (χ0v) is 6.89. The van der Waals surface area contributed by atoms with E-state index >= 15 is 0 Å². The minimum Gasteiger partial charge on any atom is -0.380 e.